The average Bonchev–Trinajstić information content (AvgIpc) is 3.27. The van der Waals surface area contributed by atoms with Crippen molar-refractivity contribution in [2.75, 3.05) is 13.2 Å². The van der Waals surface area contributed by atoms with Crippen LogP contribution in [-0.2, 0) is 28.6 Å². The molecule has 6 heteroatoms. The summed E-state index contributed by atoms with van der Waals surface area (Å²) >= 11 is 0. The molecule has 0 aliphatic heterocycles. The van der Waals surface area contributed by atoms with Gasteiger partial charge in [0.1, 0.15) is 13.2 Å². The maximum Gasteiger partial charge on any atom is 0.306 e. The minimum Gasteiger partial charge on any atom is -0.462 e. The first-order valence-corrected chi connectivity index (χ1v) is 25.6. The van der Waals surface area contributed by atoms with Gasteiger partial charge < -0.3 is 14.2 Å². The zero-order chi connectivity index (χ0) is 45.1. The van der Waals surface area contributed by atoms with Gasteiger partial charge in [0.2, 0.25) is 0 Å². The maximum atomic E-state index is 12.8. The van der Waals surface area contributed by atoms with Crippen molar-refractivity contribution in [1.82, 2.24) is 0 Å². The second-order valence-corrected chi connectivity index (χ2v) is 16.8. The van der Waals surface area contributed by atoms with Gasteiger partial charge in [0, 0.05) is 19.3 Å². The quantitative estimate of drug-likeness (QED) is 0.0199. The molecular weight excluding hydrogens is 769 g/mol. The molecule has 0 spiro atoms. The highest BCUT2D eigenvalue weighted by atomic mass is 16.6. The summed E-state index contributed by atoms with van der Waals surface area (Å²) in [5.74, 6) is -0.962. The highest BCUT2D eigenvalue weighted by Crippen LogP contribution is 2.15. The minimum atomic E-state index is -0.802. The lowest BCUT2D eigenvalue weighted by Gasteiger charge is -2.18. The Morgan fingerprint density at radius 2 is 0.710 bits per heavy atom. The Balaban J connectivity index is 4.43. The van der Waals surface area contributed by atoms with Crippen molar-refractivity contribution >= 4 is 17.9 Å². The molecule has 0 aromatic carbocycles. The second-order valence-electron chi connectivity index (χ2n) is 16.8. The highest BCUT2D eigenvalue weighted by Gasteiger charge is 2.19. The van der Waals surface area contributed by atoms with Crippen LogP contribution in [0.25, 0.3) is 0 Å². The van der Waals surface area contributed by atoms with Crippen molar-refractivity contribution in [2.24, 2.45) is 0 Å². The van der Waals surface area contributed by atoms with E-state index in [1.165, 1.54) is 89.9 Å². The van der Waals surface area contributed by atoms with Crippen LogP contribution in [0.5, 0.6) is 0 Å². The second kappa shape index (κ2) is 50.2. The van der Waals surface area contributed by atoms with Gasteiger partial charge in [-0.3, -0.25) is 14.4 Å². The van der Waals surface area contributed by atoms with E-state index in [1.807, 2.05) is 24.3 Å². The summed E-state index contributed by atoms with van der Waals surface area (Å²) in [5, 5.41) is 0. The zero-order valence-electron chi connectivity index (χ0n) is 40.4. The summed E-state index contributed by atoms with van der Waals surface area (Å²) in [6.45, 7) is 6.33. The molecule has 0 radical (unpaired) electrons. The molecule has 0 heterocycles. The Morgan fingerprint density at radius 3 is 1.21 bits per heavy atom. The SMILES string of the molecule is CC\C=C/C=C\C=C/C=C\CCCCCCCC(=O)OC(COC(=O)CCCC/C=C\C/C=C\C/C=C\CC)COC(=O)CCCCCCCCCCCCCCCCCCC. The lowest BCUT2D eigenvalue weighted by Crippen LogP contribution is -2.30. The third kappa shape index (κ3) is 47.6. The van der Waals surface area contributed by atoms with Gasteiger partial charge in [-0.2, -0.15) is 0 Å². The lowest BCUT2D eigenvalue weighted by atomic mass is 10.0. The maximum absolute atomic E-state index is 12.8. The Labute approximate surface area is 382 Å². The molecular formula is C56H94O6. The van der Waals surface area contributed by atoms with Gasteiger partial charge >= 0.3 is 17.9 Å². The summed E-state index contributed by atoms with van der Waals surface area (Å²) in [4.78, 5) is 37.9. The third-order valence-electron chi connectivity index (χ3n) is 10.7. The van der Waals surface area contributed by atoms with Crippen LogP contribution in [0.15, 0.2) is 85.1 Å². The van der Waals surface area contributed by atoms with Crippen LogP contribution >= 0.6 is 0 Å². The van der Waals surface area contributed by atoms with E-state index >= 15 is 0 Å². The van der Waals surface area contributed by atoms with Crippen molar-refractivity contribution in [2.45, 2.75) is 239 Å². The number of hydrogen-bond acceptors (Lipinski definition) is 6. The van der Waals surface area contributed by atoms with Crippen molar-refractivity contribution in [3.05, 3.63) is 85.1 Å². The first-order chi connectivity index (χ1) is 30.5. The van der Waals surface area contributed by atoms with E-state index in [0.29, 0.717) is 19.3 Å². The van der Waals surface area contributed by atoms with E-state index in [2.05, 4.69) is 81.5 Å². The van der Waals surface area contributed by atoms with Crippen LogP contribution < -0.4 is 0 Å². The normalized spacial score (nSPS) is 12.8. The van der Waals surface area contributed by atoms with Crippen LogP contribution in [0.4, 0.5) is 0 Å². The van der Waals surface area contributed by atoms with Crippen molar-refractivity contribution < 1.29 is 28.6 Å². The number of unbranched alkanes of at least 4 members (excludes halogenated alkanes) is 23. The molecule has 0 aromatic rings. The Kier molecular flexibility index (Phi) is 47.5. The third-order valence-corrected chi connectivity index (χ3v) is 10.7. The van der Waals surface area contributed by atoms with Gasteiger partial charge in [0.05, 0.1) is 0 Å². The molecule has 0 rings (SSSR count). The molecule has 0 saturated heterocycles. The van der Waals surface area contributed by atoms with Gasteiger partial charge in [0.15, 0.2) is 6.10 Å². The molecule has 0 amide bonds. The van der Waals surface area contributed by atoms with Gasteiger partial charge in [-0.05, 0) is 70.6 Å². The van der Waals surface area contributed by atoms with Gasteiger partial charge in [-0.15, -0.1) is 0 Å². The van der Waals surface area contributed by atoms with Crippen LogP contribution in [0.1, 0.15) is 233 Å². The number of carbonyl (C=O) groups is 3. The first-order valence-electron chi connectivity index (χ1n) is 25.6. The average molecular weight is 863 g/mol. The monoisotopic (exact) mass is 863 g/mol. The summed E-state index contributed by atoms with van der Waals surface area (Å²) in [6.07, 6.45) is 64.3. The van der Waals surface area contributed by atoms with E-state index in [-0.39, 0.29) is 31.1 Å². The molecule has 0 saturated carbocycles. The predicted octanol–water partition coefficient (Wildman–Crippen LogP) is 16.8. The number of rotatable bonds is 45. The molecule has 1 unspecified atom stereocenters. The van der Waals surface area contributed by atoms with Crippen molar-refractivity contribution in [3.63, 3.8) is 0 Å². The number of hydrogen-bond donors (Lipinski definition) is 0. The smallest absolute Gasteiger partial charge is 0.306 e. The van der Waals surface area contributed by atoms with Gasteiger partial charge in [-0.25, -0.2) is 0 Å². The van der Waals surface area contributed by atoms with Gasteiger partial charge in [0.25, 0.3) is 0 Å². The fourth-order valence-corrected chi connectivity index (χ4v) is 6.94. The Hall–Kier alpha value is -3.41. The summed E-state index contributed by atoms with van der Waals surface area (Å²) in [6, 6.07) is 0. The van der Waals surface area contributed by atoms with Crippen LogP contribution in [-0.4, -0.2) is 37.2 Å². The number of carbonyl (C=O) groups excluding carboxylic acids is 3. The molecule has 354 valence electrons. The fraction of sp³-hybridized carbons (Fsp3) is 0.696. The minimum absolute atomic E-state index is 0.0974. The Morgan fingerprint density at radius 1 is 0.355 bits per heavy atom. The summed E-state index contributed by atoms with van der Waals surface area (Å²) in [5.41, 5.74) is 0. The lowest BCUT2D eigenvalue weighted by molar-refractivity contribution is -0.167. The molecule has 1 atom stereocenters. The molecule has 0 bridgehead atoms. The Bertz CT molecular complexity index is 1220. The van der Waals surface area contributed by atoms with E-state index in [1.54, 1.807) is 0 Å². The fourth-order valence-electron chi connectivity index (χ4n) is 6.94. The highest BCUT2D eigenvalue weighted by molar-refractivity contribution is 5.71. The van der Waals surface area contributed by atoms with E-state index in [9.17, 15) is 14.4 Å². The molecule has 0 N–H and O–H groups in total. The topological polar surface area (TPSA) is 78.9 Å². The first kappa shape index (κ1) is 58.6. The molecule has 0 aromatic heterocycles. The summed E-state index contributed by atoms with van der Waals surface area (Å²) in [7, 11) is 0. The van der Waals surface area contributed by atoms with E-state index in [0.717, 1.165) is 103 Å². The van der Waals surface area contributed by atoms with Crippen LogP contribution in [0, 0.1) is 0 Å². The molecule has 0 aliphatic carbocycles. The largest absolute Gasteiger partial charge is 0.462 e. The molecule has 0 aliphatic rings. The number of ether oxygens (including phenoxy) is 3. The van der Waals surface area contributed by atoms with Crippen molar-refractivity contribution in [1.29, 1.82) is 0 Å². The molecule has 0 fully saturated rings. The standard InChI is InChI=1S/C56H94O6/c1-4-7-10-13-16-19-22-25-27-28-30-31-34-37-40-43-46-49-55(58)61-52-53(51-60-54(57)48-45-42-39-36-33-24-21-18-15-12-9-6-3)62-56(59)50-47-44-41-38-35-32-29-26-23-20-17-14-11-8-5-2/h8-9,11-12,14,17-18,20-21,23,26,29,33,36,53H,4-7,10,13,15-16,19,22,24-25,27-28,30-32,34-35,37-52H2,1-3H3/b11-8-,12-9-,17-14-,21-18-,23-20-,29-26-,36-33-. The van der Waals surface area contributed by atoms with E-state index < -0.39 is 6.10 Å². The zero-order valence-corrected chi connectivity index (χ0v) is 40.4. The van der Waals surface area contributed by atoms with Gasteiger partial charge in [-0.1, -0.05) is 228 Å². The van der Waals surface area contributed by atoms with Crippen LogP contribution in [0.2, 0.25) is 0 Å². The van der Waals surface area contributed by atoms with Crippen molar-refractivity contribution in [3.8, 4) is 0 Å². The molecule has 6 nitrogen and oxygen atoms in total. The number of allylic oxidation sites excluding steroid dienone is 14. The molecule has 62 heavy (non-hydrogen) atoms. The predicted molar refractivity (Wildman–Crippen MR) is 265 cm³/mol. The summed E-state index contributed by atoms with van der Waals surface area (Å²) < 4.78 is 16.7. The number of esters is 3. The van der Waals surface area contributed by atoms with E-state index in [4.69, 9.17) is 14.2 Å². The van der Waals surface area contributed by atoms with Crippen LogP contribution in [0.3, 0.4) is 0 Å².